The molecule has 0 unspecified atom stereocenters. The molecule has 1 fully saturated rings. The number of carbonyl (C=O) groups excluding carboxylic acids is 1. The molecule has 1 saturated heterocycles. The second-order valence-corrected chi connectivity index (χ2v) is 8.05. The molecule has 0 bridgehead atoms. The fourth-order valence-corrected chi connectivity index (χ4v) is 3.99. The minimum absolute atomic E-state index is 0.0426. The highest BCUT2D eigenvalue weighted by Gasteiger charge is 2.30. The summed E-state index contributed by atoms with van der Waals surface area (Å²) in [7, 11) is 1.59. The number of amides is 1. The number of aryl methyl sites for hydroxylation is 1. The molecule has 0 aliphatic carbocycles. The van der Waals surface area contributed by atoms with Crippen molar-refractivity contribution in [2.75, 3.05) is 19.0 Å². The van der Waals surface area contributed by atoms with Crippen LogP contribution in [0, 0.1) is 6.92 Å². The van der Waals surface area contributed by atoms with E-state index in [0.717, 1.165) is 24.2 Å². The van der Waals surface area contributed by atoms with Crippen molar-refractivity contribution in [3.8, 4) is 17.3 Å². The van der Waals surface area contributed by atoms with Gasteiger partial charge in [-0.2, -0.15) is 0 Å². The summed E-state index contributed by atoms with van der Waals surface area (Å²) in [5, 5.41) is 3.35. The number of aromatic nitrogens is 5. The lowest BCUT2D eigenvalue weighted by Crippen LogP contribution is -2.44. The maximum absolute atomic E-state index is 12.1. The van der Waals surface area contributed by atoms with Crippen molar-refractivity contribution >= 4 is 17.4 Å². The van der Waals surface area contributed by atoms with Crippen LogP contribution in [0.1, 0.15) is 44.1 Å². The maximum Gasteiger partial charge on any atom is 0.219 e. The highest BCUT2D eigenvalue weighted by molar-refractivity contribution is 5.73. The first-order valence-electron chi connectivity index (χ1n) is 10.6. The molecule has 1 aliphatic heterocycles. The van der Waals surface area contributed by atoms with Gasteiger partial charge in [-0.15, -0.1) is 0 Å². The van der Waals surface area contributed by atoms with Crippen molar-refractivity contribution in [3.63, 3.8) is 0 Å². The number of carbonyl (C=O) groups is 1. The molecule has 1 N–H and O–H groups in total. The fourth-order valence-electron chi connectivity index (χ4n) is 3.99. The van der Waals surface area contributed by atoms with Crippen molar-refractivity contribution in [1.29, 1.82) is 0 Å². The van der Waals surface area contributed by atoms with E-state index >= 15 is 0 Å². The van der Waals surface area contributed by atoms with Gasteiger partial charge in [0.2, 0.25) is 11.8 Å². The van der Waals surface area contributed by atoms with Gasteiger partial charge in [0.25, 0.3) is 0 Å². The zero-order valence-corrected chi connectivity index (χ0v) is 18.7. The average molecular weight is 434 g/mol. The Morgan fingerprint density at radius 1 is 1.12 bits per heavy atom. The molecule has 1 aliphatic rings. The molecule has 3 aromatic heterocycles. The van der Waals surface area contributed by atoms with Crippen molar-refractivity contribution < 1.29 is 9.53 Å². The highest BCUT2D eigenvalue weighted by Crippen LogP contribution is 2.31. The minimum atomic E-state index is 0.0426. The Morgan fingerprint density at radius 2 is 1.97 bits per heavy atom. The molecule has 1 amide bonds. The van der Waals surface area contributed by atoms with Crippen LogP contribution in [0.3, 0.4) is 0 Å². The summed E-state index contributed by atoms with van der Waals surface area (Å²) in [4.78, 5) is 36.5. The molecular formula is C23H27N7O2. The Bertz CT molecular complexity index is 1110. The quantitative estimate of drug-likeness (QED) is 0.652. The molecule has 166 valence electrons. The molecule has 0 radical (unpaired) electrons. The number of anilines is 2. The van der Waals surface area contributed by atoms with Gasteiger partial charge < -0.3 is 15.0 Å². The molecule has 2 atom stereocenters. The second kappa shape index (κ2) is 9.25. The van der Waals surface area contributed by atoms with Crippen molar-refractivity contribution in [1.82, 2.24) is 29.8 Å². The number of piperidine rings is 1. The monoisotopic (exact) mass is 433 g/mol. The molecule has 9 heteroatoms. The third-order valence-electron chi connectivity index (χ3n) is 5.63. The molecule has 0 aromatic carbocycles. The number of rotatable bonds is 5. The number of ether oxygens (including phenoxy) is 1. The first-order valence-corrected chi connectivity index (χ1v) is 10.6. The summed E-state index contributed by atoms with van der Waals surface area (Å²) in [5.74, 6) is 1.96. The fraction of sp³-hybridized carbons (Fsp3) is 0.391. The zero-order valence-electron chi connectivity index (χ0n) is 18.7. The molecular weight excluding hydrogens is 406 g/mol. The van der Waals surface area contributed by atoms with Crippen molar-refractivity contribution in [3.05, 3.63) is 48.3 Å². The van der Waals surface area contributed by atoms with Gasteiger partial charge in [0.15, 0.2) is 0 Å². The highest BCUT2D eigenvalue weighted by atomic mass is 16.5. The van der Waals surface area contributed by atoms with Crippen LogP contribution < -0.4 is 10.1 Å². The third-order valence-corrected chi connectivity index (χ3v) is 5.63. The minimum Gasteiger partial charge on any atom is -0.481 e. The predicted molar refractivity (Wildman–Crippen MR) is 121 cm³/mol. The Hall–Kier alpha value is -3.62. The number of methoxy groups -OCH3 is 1. The van der Waals surface area contributed by atoms with E-state index in [2.05, 4.69) is 27.2 Å². The first-order chi connectivity index (χ1) is 15.4. The number of likely N-dealkylation sites (tertiary alicyclic amines) is 1. The second-order valence-electron chi connectivity index (χ2n) is 8.05. The van der Waals surface area contributed by atoms with Gasteiger partial charge in [-0.3, -0.25) is 14.8 Å². The Kier molecular flexibility index (Phi) is 6.25. The number of nitrogens with zero attached hydrogens (tertiary/aromatic N) is 6. The van der Waals surface area contributed by atoms with Gasteiger partial charge in [-0.1, -0.05) is 0 Å². The van der Waals surface area contributed by atoms with Crippen molar-refractivity contribution in [2.24, 2.45) is 0 Å². The molecule has 0 saturated carbocycles. The van der Waals surface area contributed by atoms with Gasteiger partial charge in [-0.05, 0) is 32.8 Å². The summed E-state index contributed by atoms with van der Waals surface area (Å²) in [6, 6.07) is 5.81. The summed E-state index contributed by atoms with van der Waals surface area (Å²) < 4.78 is 5.29. The summed E-state index contributed by atoms with van der Waals surface area (Å²) in [6.07, 6.45) is 6.77. The largest absolute Gasteiger partial charge is 0.481 e. The molecule has 32 heavy (non-hydrogen) atoms. The smallest absolute Gasteiger partial charge is 0.219 e. The summed E-state index contributed by atoms with van der Waals surface area (Å²) in [5.41, 5.74) is 2.98. The predicted octanol–water partition coefficient (Wildman–Crippen LogP) is 3.50. The molecule has 4 heterocycles. The van der Waals surface area contributed by atoms with Crippen LogP contribution in [0.2, 0.25) is 0 Å². The van der Waals surface area contributed by atoms with Crippen LogP contribution in [0.25, 0.3) is 11.4 Å². The first kappa shape index (κ1) is 21.6. The van der Waals surface area contributed by atoms with E-state index in [4.69, 9.17) is 14.7 Å². The molecule has 3 aromatic rings. The van der Waals surface area contributed by atoms with Gasteiger partial charge in [-0.25, -0.2) is 15.0 Å². The molecule has 4 rings (SSSR count). The van der Waals surface area contributed by atoms with Crippen LogP contribution in [0.15, 0.2) is 36.8 Å². The van der Waals surface area contributed by atoms with Gasteiger partial charge in [0.1, 0.15) is 17.3 Å². The van der Waals surface area contributed by atoms with Crippen LogP contribution in [-0.4, -0.2) is 55.4 Å². The van der Waals surface area contributed by atoms with Crippen LogP contribution in [0.5, 0.6) is 5.88 Å². The van der Waals surface area contributed by atoms with E-state index in [9.17, 15) is 4.79 Å². The van der Waals surface area contributed by atoms with E-state index < -0.39 is 0 Å². The topological polar surface area (TPSA) is 106 Å². The van der Waals surface area contributed by atoms with Crippen molar-refractivity contribution in [2.45, 2.75) is 45.6 Å². The van der Waals surface area contributed by atoms with Crippen LogP contribution in [-0.2, 0) is 4.79 Å². The number of hydrogen-bond acceptors (Lipinski definition) is 8. The summed E-state index contributed by atoms with van der Waals surface area (Å²) >= 11 is 0. The lowest BCUT2D eigenvalue weighted by atomic mass is 9.92. The third kappa shape index (κ3) is 4.82. The average Bonchev–Trinajstić information content (AvgIpc) is 2.79. The van der Waals surface area contributed by atoms with Crippen LogP contribution in [0.4, 0.5) is 11.5 Å². The number of nitrogens with one attached hydrogen (secondary N) is 1. The van der Waals surface area contributed by atoms with Gasteiger partial charge in [0, 0.05) is 61.3 Å². The Morgan fingerprint density at radius 3 is 2.69 bits per heavy atom. The van der Waals surface area contributed by atoms with Crippen LogP contribution >= 0.6 is 0 Å². The Labute approximate surface area is 187 Å². The lowest BCUT2D eigenvalue weighted by Gasteiger charge is -2.37. The van der Waals surface area contributed by atoms with E-state index in [1.807, 2.05) is 30.0 Å². The maximum atomic E-state index is 12.1. The van der Waals surface area contributed by atoms with E-state index in [0.29, 0.717) is 35.5 Å². The SMILES string of the molecule is COc1cc(Nc2cc(-c3cnccn3)nc([C@@H]3CC[C@H](C)N(C(C)=O)C3)n2)cc(C)n1. The number of pyridine rings is 1. The summed E-state index contributed by atoms with van der Waals surface area (Å²) in [6.45, 7) is 6.20. The lowest BCUT2D eigenvalue weighted by molar-refractivity contribution is -0.132. The van der Waals surface area contributed by atoms with E-state index in [1.165, 1.54) is 0 Å². The number of hydrogen-bond donors (Lipinski definition) is 1. The Balaban J connectivity index is 1.72. The van der Waals surface area contributed by atoms with E-state index in [-0.39, 0.29) is 17.9 Å². The standard InChI is InChI=1S/C23H27N7O2/c1-14-9-18(10-22(26-14)32-4)27-21-11-19(20-12-24-7-8-25-20)28-23(29-21)17-6-5-15(2)30(13-17)16(3)31/h7-12,15,17H,5-6,13H2,1-4H3,(H,26,27,28,29)/t15-,17+/m0/s1. The molecule has 9 nitrogen and oxygen atoms in total. The normalized spacial score (nSPS) is 18.3. The van der Waals surface area contributed by atoms with Gasteiger partial charge in [0.05, 0.1) is 19.0 Å². The molecule has 0 spiro atoms. The van der Waals surface area contributed by atoms with E-state index in [1.54, 1.807) is 32.6 Å². The zero-order chi connectivity index (χ0) is 22.7. The van der Waals surface area contributed by atoms with Gasteiger partial charge >= 0.3 is 0 Å².